The van der Waals surface area contributed by atoms with E-state index in [9.17, 15) is 14.4 Å². The van der Waals surface area contributed by atoms with Gasteiger partial charge in [0, 0.05) is 30.9 Å². The van der Waals surface area contributed by atoms with E-state index in [1.807, 2.05) is 97.1 Å². The van der Waals surface area contributed by atoms with Gasteiger partial charge >= 0.3 is 0 Å². The van der Waals surface area contributed by atoms with Crippen molar-refractivity contribution in [3.63, 3.8) is 0 Å². The second kappa shape index (κ2) is 12.4. The molecule has 40 heavy (non-hydrogen) atoms. The van der Waals surface area contributed by atoms with E-state index in [-0.39, 0.29) is 18.5 Å². The Bertz CT molecular complexity index is 1600. The molecule has 3 aromatic carbocycles. The van der Waals surface area contributed by atoms with Crippen LogP contribution in [0.4, 0.5) is 0 Å². The number of rotatable bonds is 10. The van der Waals surface area contributed by atoms with Crippen LogP contribution >= 0.6 is 0 Å². The van der Waals surface area contributed by atoms with Crippen LogP contribution in [0.25, 0.3) is 17.1 Å². The zero-order chi connectivity index (χ0) is 27.7. The van der Waals surface area contributed by atoms with Crippen molar-refractivity contribution in [1.82, 2.24) is 25.4 Å². The first-order valence-electron chi connectivity index (χ1n) is 12.9. The standard InChI is InChI=1S/C32H27N5O3/c38-29(32(40)34-22-24-13-6-2-7-14-24)28(21-23-11-4-1-5-12-23)35-31(39)26-17-10-19-33-30(26)37-20-18-27(36-37)25-15-8-3-9-16-25/h1-20,28H,21-22H2,(H,34,40)(H,35,39). The van der Waals surface area contributed by atoms with Gasteiger partial charge in [0.25, 0.3) is 11.8 Å². The first-order valence-corrected chi connectivity index (χ1v) is 12.9. The molecule has 0 radical (unpaired) electrons. The van der Waals surface area contributed by atoms with Crippen LogP contribution in [0.2, 0.25) is 0 Å². The molecule has 0 spiro atoms. The van der Waals surface area contributed by atoms with Crippen LogP contribution in [-0.2, 0) is 22.6 Å². The molecule has 198 valence electrons. The number of amides is 2. The second-order valence-electron chi connectivity index (χ2n) is 9.13. The predicted molar refractivity (Wildman–Crippen MR) is 151 cm³/mol. The zero-order valence-electron chi connectivity index (χ0n) is 21.6. The molecule has 8 heteroatoms. The number of aromatic nitrogens is 3. The third kappa shape index (κ3) is 6.36. The highest BCUT2D eigenvalue weighted by molar-refractivity contribution is 6.38. The van der Waals surface area contributed by atoms with Crippen LogP contribution in [0.5, 0.6) is 0 Å². The summed E-state index contributed by atoms with van der Waals surface area (Å²) in [6.07, 6.45) is 3.45. The van der Waals surface area contributed by atoms with Crippen molar-refractivity contribution in [2.24, 2.45) is 0 Å². The Kier molecular flexibility index (Phi) is 8.17. The smallest absolute Gasteiger partial charge is 0.289 e. The van der Waals surface area contributed by atoms with Gasteiger partial charge in [0.05, 0.1) is 11.3 Å². The molecule has 1 unspecified atom stereocenters. The molecule has 5 aromatic rings. The quantitative estimate of drug-likeness (QED) is 0.264. The van der Waals surface area contributed by atoms with Crippen molar-refractivity contribution in [3.05, 3.63) is 138 Å². The van der Waals surface area contributed by atoms with E-state index in [2.05, 4.69) is 20.7 Å². The molecule has 8 nitrogen and oxygen atoms in total. The lowest BCUT2D eigenvalue weighted by Crippen LogP contribution is -2.48. The van der Waals surface area contributed by atoms with Crippen LogP contribution in [0.3, 0.4) is 0 Å². The van der Waals surface area contributed by atoms with Crippen molar-refractivity contribution in [3.8, 4) is 17.1 Å². The molecule has 0 saturated carbocycles. The highest BCUT2D eigenvalue weighted by Crippen LogP contribution is 2.19. The van der Waals surface area contributed by atoms with E-state index in [0.29, 0.717) is 5.82 Å². The fourth-order valence-electron chi connectivity index (χ4n) is 4.28. The monoisotopic (exact) mass is 529 g/mol. The lowest BCUT2D eigenvalue weighted by molar-refractivity contribution is -0.139. The Balaban J connectivity index is 1.37. The zero-order valence-corrected chi connectivity index (χ0v) is 21.6. The topological polar surface area (TPSA) is 106 Å². The predicted octanol–water partition coefficient (Wildman–Crippen LogP) is 4.16. The molecule has 1 atom stereocenters. The van der Waals surface area contributed by atoms with Crippen molar-refractivity contribution in [2.45, 2.75) is 19.0 Å². The van der Waals surface area contributed by atoms with Crippen LogP contribution in [0, 0.1) is 0 Å². The maximum absolute atomic E-state index is 13.5. The van der Waals surface area contributed by atoms with Gasteiger partial charge in [-0.2, -0.15) is 5.10 Å². The number of carbonyl (C=O) groups is 3. The van der Waals surface area contributed by atoms with Gasteiger partial charge in [-0.05, 0) is 29.3 Å². The molecule has 0 bridgehead atoms. The molecule has 0 fully saturated rings. The maximum Gasteiger partial charge on any atom is 0.289 e. The molecular weight excluding hydrogens is 502 g/mol. The molecule has 2 amide bonds. The van der Waals surface area contributed by atoms with E-state index in [1.165, 1.54) is 4.68 Å². The van der Waals surface area contributed by atoms with Gasteiger partial charge in [0.2, 0.25) is 5.78 Å². The number of Topliss-reactive ketones (excluding diaryl/α,β-unsaturated/α-hetero) is 1. The van der Waals surface area contributed by atoms with Gasteiger partial charge < -0.3 is 10.6 Å². The highest BCUT2D eigenvalue weighted by Gasteiger charge is 2.28. The van der Waals surface area contributed by atoms with E-state index in [1.54, 1.807) is 24.5 Å². The normalized spacial score (nSPS) is 11.4. The van der Waals surface area contributed by atoms with Gasteiger partial charge in [0.15, 0.2) is 5.82 Å². The van der Waals surface area contributed by atoms with Crippen molar-refractivity contribution in [2.75, 3.05) is 0 Å². The van der Waals surface area contributed by atoms with Crippen LogP contribution in [0.15, 0.2) is 122 Å². The number of ketones is 1. The fraction of sp³-hybridized carbons (Fsp3) is 0.0938. The van der Waals surface area contributed by atoms with E-state index in [4.69, 9.17) is 0 Å². The summed E-state index contributed by atoms with van der Waals surface area (Å²) in [6, 6.07) is 32.2. The van der Waals surface area contributed by atoms with Crippen LogP contribution in [0.1, 0.15) is 21.5 Å². The number of pyridine rings is 1. The number of nitrogens with one attached hydrogen (secondary N) is 2. The summed E-state index contributed by atoms with van der Waals surface area (Å²) < 4.78 is 1.53. The summed E-state index contributed by atoms with van der Waals surface area (Å²) in [5.41, 5.74) is 3.55. The van der Waals surface area contributed by atoms with E-state index < -0.39 is 23.6 Å². The Morgan fingerprint density at radius 2 is 1.40 bits per heavy atom. The SMILES string of the molecule is O=C(NCc1ccccc1)C(=O)C(Cc1ccccc1)NC(=O)c1cccnc1-n1ccc(-c2ccccc2)n1. The van der Waals surface area contributed by atoms with Gasteiger partial charge in [0.1, 0.15) is 6.04 Å². The largest absolute Gasteiger partial charge is 0.345 e. The van der Waals surface area contributed by atoms with Gasteiger partial charge in [-0.3, -0.25) is 14.4 Å². The lowest BCUT2D eigenvalue weighted by atomic mass is 10.0. The number of carbonyl (C=O) groups excluding carboxylic acids is 3. The maximum atomic E-state index is 13.5. The molecule has 0 aliphatic heterocycles. The molecular formula is C32H27N5O3. The summed E-state index contributed by atoms with van der Waals surface area (Å²) in [4.78, 5) is 44.1. The summed E-state index contributed by atoms with van der Waals surface area (Å²) in [5, 5.41) is 10.0. The summed E-state index contributed by atoms with van der Waals surface area (Å²) in [6.45, 7) is 0.202. The Hall–Kier alpha value is -5.37. The van der Waals surface area contributed by atoms with E-state index in [0.717, 1.165) is 22.4 Å². The fourth-order valence-corrected chi connectivity index (χ4v) is 4.28. The molecule has 2 heterocycles. The minimum atomic E-state index is -1.09. The molecule has 5 rings (SSSR count). The molecule has 2 aromatic heterocycles. The first kappa shape index (κ1) is 26.2. The highest BCUT2D eigenvalue weighted by atomic mass is 16.2. The van der Waals surface area contributed by atoms with Gasteiger partial charge in [-0.1, -0.05) is 91.0 Å². The molecule has 0 saturated heterocycles. The molecule has 2 N–H and O–H groups in total. The molecule has 0 aliphatic rings. The average Bonchev–Trinajstić information content (AvgIpc) is 3.51. The Morgan fingerprint density at radius 1 is 0.750 bits per heavy atom. The third-order valence-corrected chi connectivity index (χ3v) is 6.33. The number of hydrogen-bond donors (Lipinski definition) is 2. The van der Waals surface area contributed by atoms with Gasteiger partial charge in [-0.25, -0.2) is 9.67 Å². The van der Waals surface area contributed by atoms with Crippen molar-refractivity contribution >= 4 is 17.6 Å². The number of benzene rings is 3. The second-order valence-corrected chi connectivity index (χ2v) is 9.13. The van der Waals surface area contributed by atoms with Crippen molar-refractivity contribution in [1.29, 1.82) is 0 Å². The molecule has 0 aliphatic carbocycles. The van der Waals surface area contributed by atoms with Crippen molar-refractivity contribution < 1.29 is 14.4 Å². The summed E-state index contributed by atoms with van der Waals surface area (Å²) in [7, 11) is 0. The van der Waals surface area contributed by atoms with Crippen LogP contribution < -0.4 is 10.6 Å². The first-order chi connectivity index (χ1) is 19.6. The number of hydrogen-bond acceptors (Lipinski definition) is 5. The van der Waals surface area contributed by atoms with Gasteiger partial charge in [-0.15, -0.1) is 0 Å². The average molecular weight is 530 g/mol. The third-order valence-electron chi connectivity index (χ3n) is 6.33. The minimum absolute atomic E-state index is 0.152. The Morgan fingerprint density at radius 3 is 2.10 bits per heavy atom. The lowest BCUT2D eigenvalue weighted by Gasteiger charge is -2.18. The Labute approximate surface area is 231 Å². The minimum Gasteiger partial charge on any atom is -0.345 e. The summed E-state index contributed by atoms with van der Waals surface area (Å²) in [5.74, 6) is -1.73. The van der Waals surface area contributed by atoms with Crippen LogP contribution in [-0.4, -0.2) is 38.4 Å². The summed E-state index contributed by atoms with van der Waals surface area (Å²) >= 11 is 0. The van der Waals surface area contributed by atoms with E-state index >= 15 is 0 Å². The number of nitrogens with zero attached hydrogens (tertiary/aromatic N) is 3.